The van der Waals surface area contributed by atoms with E-state index in [0.717, 1.165) is 5.56 Å². The number of aliphatic hydroxyl groups excluding tert-OH is 1. The minimum atomic E-state index is -0.980. The van der Waals surface area contributed by atoms with Crippen molar-refractivity contribution in [1.29, 1.82) is 0 Å². The molecule has 4 rings (SSSR count). The molecule has 1 unspecified atom stereocenters. The quantitative estimate of drug-likeness (QED) is 0.390. The number of aromatic nitrogens is 2. The zero-order valence-corrected chi connectivity index (χ0v) is 20.3. The summed E-state index contributed by atoms with van der Waals surface area (Å²) in [4.78, 5) is 37.8. The van der Waals surface area contributed by atoms with Crippen LogP contribution < -0.4 is 10.2 Å². The molecule has 2 aromatic carbocycles. The van der Waals surface area contributed by atoms with Gasteiger partial charge in [-0.3, -0.25) is 9.59 Å². The number of carbonyl (C=O) groups excluding carboxylic acids is 2. The number of hydrogen-bond donors (Lipinski definition) is 2. The summed E-state index contributed by atoms with van der Waals surface area (Å²) in [7, 11) is 5.28. The topological polar surface area (TPSA) is 112 Å². The van der Waals surface area contributed by atoms with Crippen molar-refractivity contribution in [3.63, 3.8) is 0 Å². The lowest BCUT2D eigenvalue weighted by atomic mass is 10.1. The van der Waals surface area contributed by atoms with Crippen LogP contribution in [0.25, 0.3) is 11.3 Å². The summed E-state index contributed by atoms with van der Waals surface area (Å²) in [6.07, 6.45) is 3.31. The van der Waals surface area contributed by atoms with Crippen LogP contribution in [0.4, 0.5) is 11.6 Å². The molecule has 0 saturated heterocycles. The molecule has 0 bridgehead atoms. The predicted molar refractivity (Wildman–Crippen MR) is 137 cm³/mol. The number of amides is 2. The molecule has 36 heavy (non-hydrogen) atoms. The number of furan rings is 1. The zero-order valence-electron chi connectivity index (χ0n) is 20.3. The van der Waals surface area contributed by atoms with Gasteiger partial charge in [-0.05, 0) is 23.8 Å². The smallest absolute Gasteiger partial charge is 0.258 e. The van der Waals surface area contributed by atoms with Crippen LogP contribution in [0.1, 0.15) is 32.4 Å². The molecule has 0 fully saturated rings. The molecular formula is C27H27N5O4. The van der Waals surface area contributed by atoms with Gasteiger partial charge in [-0.1, -0.05) is 42.5 Å². The first kappa shape index (κ1) is 24.6. The van der Waals surface area contributed by atoms with E-state index in [4.69, 9.17) is 4.42 Å². The highest BCUT2D eigenvalue weighted by Gasteiger charge is 2.22. The van der Waals surface area contributed by atoms with Crippen molar-refractivity contribution < 1.29 is 19.1 Å². The molecule has 2 heterocycles. The molecule has 4 aromatic rings. The molecule has 184 valence electrons. The summed E-state index contributed by atoms with van der Waals surface area (Å²) in [6.45, 7) is 0.0294. The minimum absolute atomic E-state index is 0.0294. The summed E-state index contributed by atoms with van der Waals surface area (Å²) in [6, 6.07) is 17.9. The lowest BCUT2D eigenvalue weighted by Crippen LogP contribution is -2.32. The number of carbonyl (C=O) groups is 2. The van der Waals surface area contributed by atoms with Crippen LogP contribution in [-0.4, -0.2) is 59.5 Å². The molecule has 0 aliphatic heterocycles. The normalized spacial score (nSPS) is 11.6. The van der Waals surface area contributed by atoms with E-state index in [1.54, 1.807) is 42.3 Å². The Morgan fingerprint density at radius 2 is 1.83 bits per heavy atom. The van der Waals surface area contributed by atoms with Crippen LogP contribution in [-0.2, 0) is 0 Å². The Bertz CT molecular complexity index is 1340. The molecule has 0 aliphatic carbocycles. The Morgan fingerprint density at radius 1 is 1.06 bits per heavy atom. The molecule has 0 spiro atoms. The molecule has 0 saturated carbocycles. The molecule has 2 aromatic heterocycles. The molecule has 2 amide bonds. The van der Waals surface area contributed by atoms with Crippen LogP contribution in [0.15, 0.2) is 83.8 Å². The highest BCUT2D eigenvalue weighted by atomic mass is 16.3. The van der Waals surface area contributed by atoms with Crippen molar-refractivity contribution in [2.24, 2.45) is 0 Å². The lowest BCUT2D eigenvalue weighted by molar-refractivity contribution is 0.0681. The van der Waals surface area contributed by atoms with Crippen LogP contribution in [0, 0.1) is 0 Å². The van der Waals surface area contributed by atoms with Gasteiger partial charge < -0.3 is 24.6 Å². The maximum Gasteiger partial charge on any atom is 0.258 e. The molecule has 2 N–H and O–H groups in total. The van der Waals surface area contributed by atoms with E-state index in [2.05, 4.69) is 15.3 Å². The monoisotopic (exact) mass is 485 g/mol. The fourth-order valence-electron chi connectivity index (χ4n) is 3.63. The first-order valence-corrected chi connectivity index (χ1v) is 11.3. The van der Waals surface area contributed by atoms with Gasteiger partial charge in [-0.2, -0.15) is 0 Å². The average molecular weight is 486 g/mol. The van der Waals surface area contributed by atoms with Gasteiger partial charge in [-0.25, -0.2) is 9.97 Å². The van der Waals surface area contributed by atoms with Crippen molar-refractivity contribution in [3.8, 4) is 11.3 Å². The van der Waals surface area contributed by atoms with E-state index in [-0.39, 0.29) is 18.4 Å². The van der Waals surface area contributed by atoms with Crippen molar-refractivity contribution in [3.05, 3.63) is 96.1 Å². The van der Waals surface area contributed by atoms with E-state index in [1.807, 2.05) is 44.4 Å². The van der Waals surface area contributed by atoms with Crippen LogP contribution >= 0.6 is 0 Å². The maximum atomic E-state index is 13.4. The van der Waals surface area contributed by atoms with Gasteiger partial charge in [0.15, 0.2) is 0 Å². The second kappa shape index (κ2) is 10.8. The molecular weight excluding hydrogens is 458 g/mol. The van der Waals surface area contributed by atoms with E-state index in [0.29, 0.717) is 34.0 Å². The van der Waals surface area contributed by atoms with Crippen molar-refractivity contribution in [1.82, 2.24) is 14.9 Å². The second-order valence-corrected chi connectivity index (χ2v) is 8.49. The highest BCUT2D eigenvalue weighted by Crippen LogP contribution is 2.25. The number of rotatable bonds is 8. The van der Waals surface area contributed by atoms with Crippen molar-refractivity contribution >= 4 is 23.5 Å². The number of benzene rings is 2. The number of hydrogen-bond acceptors (Lipinski definition) is 7. The van der Waals surface area contributed by atoms with E-state index in [1.165, 1.54) is 23.6 Å². The first-order valence-electron chi connectivity index (χ1n) is 11.3. The molecule has 9 nitrogen and oxygen atoms in total. The largest absolute Gasteiger partial charge is 0.472 e. The Labute approximate surface area is 209 Å². The van der Waals surface area contributed by atoms with Crippen LogP contribution in [0.5, 0.6) is 0 Å². The molecule has 0 radical (unpaired) electrons. The standard InChI is InChI=1S/C27H27N5O4/c1-31(2)27-28-15-22(24(30-27)18-8-5-4-6-9-18)26(35)32(3)16-23(33)19-10-7-11-21(14-19)29-25(34)20-12-13-36-17-20/h4-15,17,23,33H,16H2,1-3H3,(H,29,34). The van der Waals surface area contributed by atoms with Gasteiger partial charge in [0.1, 0.15) is 6.26 Å². The van der Waals surface area contributed by atoms with E-state index < -0.39 is 6.10 Å². The predicted octanol–water partition coefficient (Wildman–Crippen LogP) is 3.86. The van der Waals surface area contributed by atoms with Crippen molar-refractivity contribution in [2.75, 3.05) is 37.9 Å². The Hall–Kier alpha value is -4.50. The Kier molecular flexibility index (Phi) is 7.41. The third kappa shape index (κ3) is 5.59. The third-order valence-electron chi connectivity index (χ3n) is 5.56. The number of aliphatic hydroxyl groups is 1. The highest BCUT2D eigenvalue weighted by molar-refractivity contribution is 6.04. The summed E-state index contributed by atoms with van der Waals surface area (Å²) < 4.78 is 4.94. The Morgan fingerprint density at radius 3 is 2.53 bits per heavy atom. The van der Waals surface area contributed by atoms with Gasteiger partial charge in [0.05, 0.1) is 35.7 Å². The van der Waals surface area contributed by atoms with Crippen LogP contribution in [0.3, 0.4) is 0 Å². The molecule has 9 heteroatoms. The second-order valence-electron chi connectivity index (χ2n) is 8.49. The van der Waals surface area contributed by atoms with E-state index >= 15 is 0 Å². The number of nitrogens with one attached hydrogen (secondary N) is 1. The van der Waals surface area contributed by atoms with Gasteiger partial charge in [-0.15, -0.1) is 0 Å². The number of nitrogens with zero attached hydrogens (tertiary/aromatic N) is 4. The first-order chi connectivity index (χ1) is 17.3. The number of likely N-dealkylation sites (N-methyl/N-ethyl adjacent to an activating group) is 1. The number of anilines is 2. The average Bonchev–Trinajstić information content (AvgIpc) is 3.44. The Balaban J connectivity index is 1.51. The lowest BCUT2D eigenvalue weighted by Gasteiger charge is -2.23. The molecule has 0 aliphatic rings. The van der Waals surface area contributed by atoms with Gasteiger partial charge in [0.25, 0.3) is 11.8 Å². The summed E-state index contributed by atoms with van der Waals surface area (Å²) in [5, 5.41) is 13.6. The minimum Gasteiger partial charge on any atom is -0.472 e. The van der Waals surface area contributed by atoms with E-state index in [9.17, 15) is 14.7 Å². The van der Waals surface area contributed by atoms with Gasteiger partial charge in [0, 0.05) is 38.6 Å². The SMILES string of the molecule is CN(CC(O)c1cccc(NC(=O)c2ccoc2)c1)C(=O)c1cnc(N(C)C)nc1-c1ccccc1. The third-order valence-corrected chi connectivity index (χ3v) is 5.56. The van der Waals surface area contributed by atoms with Gasteiger partial charge in [0.2, 0.25) is 5.95 Å². The molecule has 1 atom stereocenters. The zero-order chi connectivity index (χ0) is 25.7. The fraction of sp³-hybridized carbons (Fsp3) is 0.185. The summed E-state index contributed by atoms with van der Waals surface area (Å²) in [5.74, 6) is -0.151. The maximum absolute atomic E-state index is 13.4. The fourth-order valence-corrected chi connectivity index (χ4v) is 3.63. The summed E-state index contributed by atoms with van der Waals surface area (Å²) in [5.41, 5.74) is 3.12. The van der Waals surface area contributed by atoms with Gasteiger partial charge >= 0.3 is 0 Å². The summed E-state index contributed by atoms with van der Waals surface area (Å²) >= 11 is 0. The van der Waals surface area contributed by atoms with Crippen molar-refractivity contribution in [2.45, 2.75) is 6.10 Å². The van der Waals surface area contributed by atoms with Crippen LogP contribution in [0.2, 0.25) is 0 Å².